The lowest BCUT2D eigenvalue weighted by Gasteiger charge is -2.19. The molecule has 1 aliphatic heterocycles. The van der Waals surface area contributed by atoms with E-state index >= 15 is 0 Å². The summed E-state index contributed by atoms with van der Waals surface area (Å²) in [5, 5.41) is 8.81. The summed E-state index contributed by atoms with van der Waals surface area (Å²) in [6.07, 6.45) is 1.42. The topological polar surface area (TPSA) is 90.7 Å². The molecule has 0 bridgehead atoms. The molecule has 126 valence electrons. The molecule has 0 N–H and O–H groups in total. The summed E-state index contributed by atoms with van der Waals surface area (Å²) < 4.78 is 4.54. The van der Waals surface area contributed by atoms with Gasteiger partial charge in [0.25, 0.3) is 0 Å². The van der Waals surface area contributed by atoms with Crippen molar-refractivity contribution in [2.45, 2.75) is 19.3 Å². The second kappa shape index (κ2) is 8.11. The van der Waals surface area contributed by atoms with Gasteiger partial charge in [0.05, 0.1) is 19.6 Å². The second-order valence-corrected chi connectivity index (χ2v) is 5.48. The Balaban J connectivity index is 2.08. The quantitative estimate of drug-likeness (QED) is 0.571. The van der Waals surface area contributed by atoms with Gasteiger partial charge in [-0.1, -0.05) is 12.1 Å². The molecule has 1 aromatic rings. The van der Waals surface area contributed by atoms with Crippen LogP contribution in [-0.2, 0) is 25.5 Å². The second-order valence-electron chi connectivity index (χ2n) is 5.48. The van der Waals surface area contributed by atoms with E-state index in [0.717, 1.165) is 22.6 Å². The van der Waals surface area contributed by atoms with Crippen molar-refractivity contribution < 1.29 is 19.1 Å². The lowest BCUT2D eigenvalue weighted by Crippen LogP contribution is -2.37. The number of carbonyl (C=O) groups is 3. The summed E-state index contributed by atoms with van der Waals surface area (Å²) in [6.45, 7) is 0.241. The number of methoxy groups -OCH3 is 1. The smallest absolute Gasteiger partial charge is 0.325 e. The van der Waals surface area contributed by atoms with Crippen LogP contribution in [-0.4, -0.2) is 49.4 Å². The van der Waals surface area contributed by atoms with Crippen molar-refractivity contribution in [1.29, 1.82) is 5.26 Å². The van der Waals surface area contributed by atoms with E-state index in [1.54, 1.807) is 23.1 Å². The molecule has 0 saturated carbocycles. The number of carbonyl (C=O) groups excluding carboxylic acids is 3. The van der Waals surface area contributed by atoms with Gasteiger partial charge < -0.3 is 14.5 Å². The minimum atomic E-state index is -0.574. The minimum Gasteiger partial charge on any atom is -0.468 e. The lowest BCUT2D eigenvalue weighted by molar-refractivity contribution is -0.146. The molecule has 2 rings (SSSR count). The van der Waals surface area contributed by atoms with Crippen LogP contribution in [0.1, 0.15) is 18.4 Å². The molecule has 7 heteroatoms. The molecule has 24 heavy (non-hydrogen) atoms. The Morgan fingerprint density at radius 1 is 1.42 bits per heavy atom. The van der Waals surface area contributed by atoms with Crippen molar-refractivity contribution in [3.8, 4) is 6.07 Å². The number of nitrogens with zero attached hydrogens (tertiary/aromatic N) is 3. The Hall–Kier alpha value is -2.88. The number of hydrogen-bond donors (Lipinski definition) is 0. The Kier molecular flexibility index (Phi) is 5.90. The summed E-state index contributed by atoms with van der Waals surface area (Å²) >= 11 is 0. The molecule has 1 aliphatic rings. The Bertz CT molecular complexity index is 681. The molecule has 1 fully saturated rings. The molecule has 0 atom stereocenters. The number of ether oxygens (including phenoxy) is 1. The standard InChI is InChI=1S/C17H19N3O4/c1-24-17(23)12-19(9-7-18)16(22)11-13-4-2-5-14(10-13)20-8-3-6-15(20)21/h2,4-5,10H,3,6,8-9,11-12H2,1H3. The fourth-order valence-electron chi connectivity index (χ4n) is 2.58. The van der Waals surface area contributed by atoms with Gasteiger partial charge in [0.15, 0.2) is 0 Å². The van der Waals surface area contributed by atoms with Crippen molar-refractivity contribution in [2.75, 3.05) is 31.6 Å². The maximum Gasteiger partial charge on any atom is 0.325 e. The first-order valence-corrected chi connectivity index (χ1v) is 7.66. The molecule has 0 radical (unpaired) electrons. The highest BCUT2D eigenvalue weighted by atomic mass is 16.5. The first kappa shape index (κ1) is 17.5. The van der Waals surface area contributed by atoms with E-state index in [-0.39, 0.29) is 31.3 Å². The van der Waals surface area contributed by atoms with Crippen LogP contribution in [0.3, 0.4) is 0 Å². The predicted octanol–water partition coefficient (Wildman–Crippen LogP) is 0.881. The monoisotopic (exact) mass is 329 g/mol. The molecule has 1 aromatic carbocycles. The van der Waals surface area contributed by atoms with Crippen molar-refractivity contribution in [1.82, 2.24) is 4.90 Å². The summed E-state index contributed by atoms with van der Waals surface area (Å²) in [5.41, 5.74) is 1.49. The molecule has 1 saturated heterocycles. The van der Waals surface area contributed by atoms with E-state index in [2.05, 4.69) is 4.74 Å². The average molecular weight is 329 g/mol. The van der Waals surface area contributed by atoms with E-state index in [1.165, 1.54) is 7.11 Å². The Labute approximate surface area is 140 Å². The van der Waals surface area contributed by atoms with Crippen LogP contribution in [0, 0.1) is 11.3 Å². The zero-order valence-corrected chi connectivity index (χ0v) is 13.5. The van der Waals surface area contributed by atoms with Gasteiger partial charge in [0, 0.05) is 18.7 Å². The van der Waals surface area contributed by atoms with Crippen LogP contribution in [0.5, 0.6) is 0 Å². The third-order valence-corrected chi connectivity index (χ3v) is 3.81. The predicted molar refractivity (Wildman–Crippen MR) is 85.9 cm³/mol. The molecule has 0 spiro atoms. The number of benzene rings is 1. The number of esters is 1. The molecule has 2 amide bonds. The first-order chi connectivity index (χ1) is 11.5. The summed E-state index contributed by atoms with van der Waals surface area (Å²) in [7, 11) is 1.23. The van der Waals surface area contributed by atoms with E-state index in [4.69, 9.17) is 5.26 Å². The molecular formula is C17H19N3O4. The number of anilines is 1. The largest absolute Gasteiger partial charge is 0.468 e. The molecule has 1 heterocycles. The molecular weight excluding hydrogens is 310 g/mol. The van der Waals surface area contributed by atoms with Crippen LogP contribution >= 0.6 is 0 Å². The highest BCUT2D eigenvalue weighted by molar-refractivity contribution is 5.95. The fraction of sp³-hybridized carbons (Fsp3) is 0.412. The van der Waals surface area contributed by atoms with Crippen molar-refractivity contribution in [3.05, 3.63) is 29.8 Å². The van der Waals surface area contributed by atoms with E-state index in [9.17, 15) is 14.4 Å². The van der Waals surface area contributed by atoms with Crippen LogP contribution in [0.4, 0.5) is 5.69 Å². The highest BCUT2D eigenvalue weighted by Crippen LogP contribution is 2.22. The van der Waals surface area contributed by atoms with Crippen molar-refractivity contribution >= 4 is 23.5 Å². The van der Waals surface area contributed by atoms with Gasteiger partial charge in [0.1, 0.15) is 13.1 Å². The minimum absolute atomic E-state index is 0.0501. The SMILES string of the molecule is COC(=O)CN(CC#N)C(=O)Cc1cccc(N2CCCC2=O)c1. The average Bonchev–Trinajstić information content (AvgIpc) is 3.00. The van der Waals surface area contributed by atoms with Crippen molar-refractivity contribution in [3.63, 3.8) is 0 Å². The lowest BCUT2D eigenvalue weighted by atomic mass is 10.1. The first-order valence-electron chi connectivity index (χ1n) is 7.66. The third kappa shape index (κ3) is 4.32. The van der Waals surface area contributed by atoms with Crippen LogP contribution in [0.25, 0.3) is 0 Å². The van der Waals surface area contributed by atoms with Gasteiger partial charge >= 0.3 is 5.97 Å². The highest BCUT2D eigenvalue weighted by Gasteiger charge is 2.22. The van der Waals surface area contributed by atoms with Crippen LogP contribution < -0.4 is 4.90 Å². The maximum atomic E-state index is 12.3. The van der Waals surface area contributed by atoms with Crippen LogP contribution in [0.15, 0.2) is 24.3 Å². The molecule has 0 aromatic heterocycles. The van der Waals surface area contributed by atoms with Gasteiger partial charge in [-0.15, -0.1) is 0 Å². The fourth-order valence-corrected chi connectivity index (χ4v) is 2.58. The van der Waals surface area contributed by atoms with Gasteiger partial charge in [-0.05, 0) is 24.1 Å². The van der Waals surface area contributed by atoms with E-state index in [1.807, 2.05) is 12.1 Å². The van der Waals surface area contributed by atoms with E-state index in [0.29, 0.717) is 13.0 Å². The summed E-state index contributed by atoms with van der Waals surface area (Å²) in [4.78, 5) is 38.4. The van der Waals surface area contributed by atoms with Gasteiger partial charge in [-0.3, -0.25) is 14.4 Å². The Morgan fingerprint density at radius 2 is 2.21 bits per heavy atom. The van der Waals surface area contributed by atoms with E-state index < -0.39 is 5.97 Å². The molecule has 7 nitrogen and oxygen atoms in total. The van der Waals surface area contributed by atoms with Crippen LogP contribution in [0.2, 0.25) is 0 Å². The van der Waals surface area contributed by atoms with Gasteiger partial charge in [-0.2, -0.15) is 5.26 Å². The number of nitriles is 1. The zero-order chi connectivity index (χ0) is 17.5. The van der Waals surface area contributed by atoms with Gasteiger partial charge in [0.2, 0.25) is 11.8 Å². The number of hydrogen-bond acceptors (Lipinski definition) is 5. The number of rotatable bonds is 6. The summed E-state index contributed by atoms with van der Waals surface area (Å²) in [5.74, 6) is -0.836. The Morgan fingerprint density at radius 3 is 2.83 bits per heavy atom. The normalized spacial score (nSPS) is 13.5. The third-order valence-electron chi connectivity index (χ3n) is 3.81. The maximum absolute atomic E-state index is 12.3. The summed E-state index contributed by atoms with van der Waals surface area (Å²) in [6, 6.07) is 9.07. The molecule has 0 aliphatic carbocycles. The van der Waals surface area contributed by atoms with Crippen molar-refractivity contribution in [2.24, 2.45) is 0 Å². The molecule has 0 unspecified atom stereocenters. The van der Waals surface area contributed by atoms with Gasteiger partial charge in [-0.25, -0.2) is 0 Å². The zero-order valence-electron chi connectivity index (χ0n) is 13.5. The number of amides is 2.